The number of imidazole rings is 1. The monoisotopic (exact) mass is 433 g/mol. The summed E-state index contributed by atoms with van der Waals surface area (Å²) in [6, 6.07) is 17.2. The van der Waals surface area contributed by atoms with Gasteiger partial charge in [-0.05, 0) is 48.9 Å². The number of hydrogen-bond donors (Lipinski definition) is 2. The number of nitrogens with one attached hydrogen (secondary N) is 2. The van der Waals surface area contributed by atoms with Crippen molar-refractivity contribution in [2.24, 2.45) is 4.99 Å². The van der Waals surface area contributed by atoms with E-state index in [9.17, 15) is 0 Å². The molecule has 32 heavy (non-hydrogen) atoms. The van der Waals surface area contributed by atoms with E-state index in [1.165, 1.54) is 22.3 Å². The first-order valence-electron chi connectivity index (χ1n) is 11.5. The molecule has 0 aliphatic heterocycles. The van der Waals surface area contributed by atoms with Gasteiger partial charge >= 0.3 is 0 Å². The minimum atomic E-state index is 0.626. The third-order valence-corrected chi connectivity index (χ3v) is 5.17. The normalized spacial score (nSPS) is 11.5. The zero-order chi connectivity index (χ0) is 22.4. The molecule has 1 heterocycles. The lowest BCUT2D eigenvalue weighted by molar-refractivity contribution is 0.143. The second-order valence-electron chi connectivity index (χ2n) is 7.62. The third-order valence-electron chi connectivity index (χ3n) is 5.17. The molecular formula is C26H35N5O. The lowest BCUT2D eigenvalue weighted by Gasteiger charge is -2.13. The van der Waals surface area contributed by atoms with Gasteiger partial charge in [0.2, 0.25) is 0 Å². The number of guanidine groups is 1. The van der Waals surface area contributed by atoms with E-state index in [1.807, 2.05) is 25.6 Å². The highest BCUT2D eigenvalue weighted by atomic mass is 16.5. The van der Waals surface area contributed by atoms with Crippen molar-refractivity contribution >= 4 is 5.96 Å². The van der Waals surface area contributed by atoms with E-state index in [2.05, 4.69) is 75.6 Å². The van der Waals surface area contributed by atoms with Gasteiger partial charge in [0.05, 0.1) is 12.9 Å². The zero-order valence-electron chi connectivity index (χ0n) is 19.3. The molecule has 0 bridgehead atoms. The molecule has 0 radical (unpaired) electrons. The number of benzene rings is 2. The quantitative estimate of drug-likeness (QED) is 0.251. The molecule has 0 aliphatic rings. The van der Waals surface area contributed by atoms with Crippen molar-refractivity contribution in [1.29, 1.82) is 0 Å². The lowest BCUT2D eigenvalue weighted by atomic mass is 9.98. The van der Waals surface area contributed by atoms with Crippen LogP contribution < -0.4 is 10.6 Å². The standard InChI is InChI=1S/C26H35N5O/c1-3-28-26(29-15-7-8-18-32-4-2)30-19-24-9-5-6-10-25(24)23-13-11-22(12-14-23)20-31-17-16-27-21-31/h5-6,9-14,16-17,21H,3-4,7-8,15,18-20H2,1-2H3,(H2,28,29,30). The van der Waals surface area contributed by atoms with Crippen LogP contribution in [0, 0.1) is 0 Å². The molecule has 0 saturated carbocycles. The Labute approximate surface area is 191 Å². The summed E-state index contributed by atoms with van der Waals surface area (Å²) in [5.74, 6) is 0.856. The minimum Gasteiger partial charge on any atom is -0.382 e. The summed E-state index contributed by atoms with van der Waals surface area (Å²) in [7, 11) is 0. The van der Waals surface area contributed by atoms with Crippen molar-refractivity contribution in [2.75, 3.05) is 26.3 Å². The number of unbranched alkanes of at least 4 members (excludes halogenated alkanes) is 1. The van der Waals surface area contributed by atoms with Crippen LogP contribution in [-0.4, -0.2) is 41.8 Å². The van der Waals surface area contributed by atoms with Crippen LogP contribution in [0.15, 0.2) is 72.2 Å². The predicted octanol–water partition coefficient (Wildman–Crippen LogP) is 4.47. The Hall–Kier alpha value is -3.12. The molecule has 0 spiro atoms. The Balaban J connectivity index is 1.63. The van der Waals surface area contributed by atoms with Gasteiger partial charge in [-0.25, -0.2) is 9.98 Å². The third kappa shape index (κ3) is 7.54. The average molecular weight is 434 g/mol. The molecule has 0 fully saturated rings. The maximum atomic E-state index is 5.40. The van der Waals surface area contributed by atoms with Crippen molar-refractivity contribution in [3.63, 3.8) is 0 Å². The Bertz CT molecular complexity index is 935. The van der Waals surface area contributed by atoms with Crippen LogP contribution >= 0.6 is 0 Å². The van der Waals surface area contributed by atoms with Gasteiger partial charge in [0.1, 0.15) is 0 Å². The molecular weight excluding hydrogens is 398 g/mol. The van der Waals surface area contributed by atoms with Crippen LogP contribution in [0.5, 0.6) is 0 Å². The first-order chi connectivity index (χ1) is 15.8. The van der Waals surface area contributed by atoms with Crippen LogP contribution in [0.2, 0.25) is 0 Å². The van der Waals surface area contributed by atoms with E-state index in [0.717, 1.165) is 51.6 Å². The molecule has 2 N–H and O–H groups in total. The van der Waals surface area contributed by atoms with Gasteiger partial charge in [0.15, 0.2) is 5.96 Å². The Kier molecular flexibility index (Phi) is 9.80. The predicted molar refractivity (Wildman–Crippen MR) is 132 cm³/mol. The lowest BCUT2D eigenvalue weighted by Crippen LogP contribution is -2.37. The highest BCUT2D eigenvalue weighted by molar-refractivity contribution is 5.80. The van der Waals surface area contributed by atoms with Crippen molar-refractivity contribution in [3.05, 3.63) is 78.4 Å². The van der Waals surface area contributed by atoms with Crippen molar-refractivity contribution < 1.29 is 4.74 Å². The van der Waals surface area contributed by atoms with Gasteiger partial charge in [-0.2, -0.15) is 0 Å². The minimum absolute atomic E-state index is 0.626. The number of ether oxygens (including phenoxy) is 1. The number of hydrogen-bond acceptors (Lipinski definition) is 3. The molecule has 6 heteroatoms. The Morgan fingerprint density at radius 3 is 2.62 bits per heavy atom. The molecule has 2 aromatic carbocycles. The largest absolute Gasteiger partial charge is 0.382 e. The van der Waals surface area contributed by atoms with Crippen molar-refractivity contribution in [3.8, 4) is 11.1 Å². The van der Waals surface area contributed by atoms with Gasteiger partial charge in [-0.1, -0.05) is 48.5 Å². The number of nitrogens with zero attached hydrogens (tertiary/aromatic N) is 3. The number of aromatic nitrogens is 2. The Morgan fingerprint density at radius 1 is 1.03 bits per heavy atom. The molecule has 0 atom stereocenters. The summed E-state index contributed by atoms with van der Waals surface area (Å²) in [5, 5.41) is 6.77. The fourth-order valence-corrected chi connectivity index (χ4v) is 3.51. The van der Waals surface area contributed by atoms with E-state index in [4.69, 9.17) is 9.73 Å². The second kappa shape index (κ2) is 13.3. The van der Waals surface area contributed by atoms with Crippen LogP contribution in [0.1, 0.15) is 37.8 Å². The summed E-state index contributed by atoms with van der Waals surface area (Å²) in [6.45, 7) is 8.90. The summed E-state index contributed by atoms with van der Waals surface area (Å²) in [6.07, 6.45) is 7.75. The molecule has 1 aromatic heterocycles. The van der Waals surface area contributed by atoms with Crippen LogP contribution in [0.4, 0.5) is 0 Å². The van der Waals surface area contributed by atoms with Gasteiger partial charge in [-0.3, -0.25) is 0 Å². The fraction of sp³-hybridized carbons (Fsp3) is 0.385. The molecule has 0 aliphatic carbocycles. The van der Waals surface area contributed by atoms with E-state index >= 15 is 0 Å². The molecule has 3 rings (SSSR count). The van der Waals surface area contributed by atoms with Gasteiger partial charge in [0, 0.05) is 45.2 Å². The van der Waals surface area contributed by atoms with E-state index in [1.54, 1.807) is 0 Å². The van der Waals surface area contributed by atoms with Crippen molar-refractivity contribution in [1.82, 2.24) is 20.2 Å². The van der Waals surface area contributed by atoms with Gasteiger partial charge in [0.25, 0.3) is 0 Å². The maximum Gasteiger partial charge on any atom is 0.191 e. The SMILES string of the molecule is CCNC(=NCc1ccccc1-c1ccc(Cn2ccnc2)cc1)NCCCCOCC. The summed E-state index contributed by atoms with van der Waals surface area (Å²) in [4.78, 5) is 8.94. The van der Waals surface area contributed by atoms with Gasteiger partial charge < -0.3 is 19.9 Å². The van der Waals surface area contributed by atoms with Crippen LogP contribution in [-0.2, 0) is 17.8 Å². The zero-order valence-corrected chi connectivity index (χ0v) is 19.3. The van der Waals surface area contributed by atoms with E-state index in [-0.39, 0.29) is 0 Å². The average Bonchev–Trinajstić information content (AvgIpc) is 3.33. The van der Waals surface area contributed by atoms with Crippen LogP contribution in [0.25, 0.3) is 11.1 Å². The second-order valence-corrected chi connectivity index (χ2v) is 7.62. The van der Waals surface area contributed by atoms with Gasteiger partial charge in [-0.15, -0.1) is 0 Å². The highest BCUT2D eigenvalue weighted by Crippen LogP contribution is 2.25. The first-order valence-corrected chi connectivity index (χ1v) is 11.5. The summed E-state index contributed by atoms with van der Waals surface area (Å²) >= 11 is 0. The molecule has 0 saturated heterocycles. The fourth-order valence-electron chi connectivity index (χ4n) is 3.51. The molecule has 170 valence electrons. The maximum absolute atomic E-state index is 5.40. The molecule has 3 aromatic rings. The first kappa shape index (κ1) is 23.5. The number of rotatable bonds is 12. The van der Waals surface area contributed by atoms with E-state index in [0.29, 0.717) is 6.54 Å². The summed E-state index contributed by atoms with van der Waals surface area (Å²) in [5.41, 5.74) is 4.89. The topological polar surface area (TPSA) is 63.5 Å². The Morgan fingerprint density at radius 2 is 1.88 bits per heavy atom. The highest BCUT2D eigenvalue weighted by Gasteiger charge is 2.06. The molecule has 6 nitrogen and oxygen atoms in total. The van der Waals surface area contributed by atoms with E-state index < -0.39 is 0 Å². The number of aliphatic imine (C=N–C) groups is 1. The molecule has 0 amide bonds. The van der Waals surface area contributed by atoms with Crippen molar-refractivity contribution in [2.45, 2.75) is 39.8 Å². The molecule has 0 unspecified atom stereocenters. The van der Waals surface area contributed by atoms with Crippen LogP contribution in [0.3, 0.4) is 0 Å². The summed E-state index contributed by atoms with van der Waals surface area (Å²) < 4.78 is 7.48. The smallest absolute Gasteiger partial charge is 0.191 e.